The van der Waals surface area contributed by atoms with Crippen molar-refractivity contribution in [3.05, 3.63) is 179 Å². The van der Waals surface area contributed by atoms with E-state index in [0.717, 1.165) is 228 Å². The summed E-state index contributed by atoms with van der Waals surface area (Å²) in [6.07, 6.45) is 38.9. The highest BCUT2D eigenvalue weighted by Crippen LogP contribution is 2.43. The number of nitrogens with zero attached hydrogens (tertiary/aromatic N) is 18. The number of terminal acetylenes is 1. The number of aliphatic hydroxyl groups is 6. The fraction of sp³-hybridized carbons (Fsp3) is 0.494. The van der Waals surface area contributed by atoms with Crippen molar-refractivity contribution in [1.29, 1.82) is 0 Å². The van der Waals surface area contributed by atoms with Gasteiger partial charge >= 0.3 is 0 Å². The third-order valence-corrected chi connectivity index (χ3v) is 25.3. The minimum Gasteiger partial charge on any atom is -0.391 e. The van der Waals surface area contributed by atoms with E-state index in [1.54, 1.807) is 6.33 Å². The summed E-state index contributed by atoms with van der Waals surface area (Å²) in [6, 6.07) is 0. The van der Waals surface area contributed by atoms with Crippen molar-refractivity contribution in [2.24, 2.45) is 41.4 Å². The molecule has 0 unspecified atom stereocenters. The van der Waals surface area contributed by atoms with Crippen LogP contribution in [0.4, 0.5) is 34.9 Å². The van der Waals surface area contributed by atoms with Gasteiger partial charge in [-0.1, -0.05) is 73.6 Å². The van der Waals surface area contributed by atoms with E-state index in [2.05, 4.69) is 158 Å². The number of fused-ring (bicyclic) bond motifs is 6. The van der Waals surface area contributed by atoms with Crippen LogP contribution in [0.1, 0.15) is 107 Å². The van der Waals surface area contributed by atoms with E-state index in [4.69, 9.17) is 40.8 Å². The molecule has 30 heteroatoms. The molecular formula is C87H114N24O6. The Hall–Kier alpha value is -9.98. The molecule has 0 bridgehead atoms. The molecule has 618 valence electrons. The average molecular weight is 1590 g/mol. The van der Waals surface area contributed by atoms with Crippen molar-refractivity contribution in [1.82, 2.24) is 89.2 Å². The number of aliphatic hydroxyl groups excluding tert-OH is 6. The Balaban J connectivity index is 0.000000116. The smallest absolute Gasteiger partial charge is 0.130 e. The zero-order valence-corrected chi connectivity index (χ0v) is 67.3. The maximum absolute atomic E-state index is 10.2. The molecule has 7 fully saturated rings. The Kier molecular flexibility index (Phi) is 26.6. The third-order valence-electron chi connectivity index (χ3n) is 25.3. The van der Waals surface area contributed by atoms with Gasteiger partial charge in [0.15, 0.2) is 0 Å². The first-order valence-corrected chi connectivity index (χ1v) is 41.0. The minimum atomic E-state index is -0.429. The summed E-state index contributed by atoms with van der Waals surface area (Å²) >= 11 is 0. The highest BCUT2D eigenvalue weighted by molar-refractivity contribution is 5.79. The lowest BCUT2D eigenvalue weighted by Gasteiger charge is -2.16. The largest absolute Gasteiger partial charge is 0.391 e. The lowest BCUT2D eigenvalue weighted by atomic mass is 9.99. The Morgan fingerprint density at radius 3 is 1.02 bits per heavy atom. The van der Waals surface area contributed by atoms with Gasteiger partial charge in [0.05, 0.1) is 76.7 Å². The fourth-order valence-corrected chi connectivity index (χ4v) is 18.5. The van der Waals surface area contributed by atoms with Crippen molar-refractivity contribution in [2.75, 3.05) is 152 Å². The molecule has 0 aromatic carbocycles. The molecule has 0 radical (unpaired) electrons. The second-order valence-corrected chi connectivity index (χ2v) is 33.3. The van der Waals surface area contributed by atoms with Gasteiger partial charge in [-0.25, -0.2) is 59.8 Å². The van der Waals surface area contributed by atoms with E-state index >= 15 is 0 Å². The van der Waals surface area contributed by atoms with Gasteiger partial charge in [-0.2, -0.15) is 0 Å². The molecule has 0 amide bonds. The van der Waals surface area contributed by atoms with Crippen LogP contribution in [0.2, 0.25) is 0 Å². The van der Waals surface area contributed by atoms with Crippen LogP contribution in [0.15, 0.2) is 112 Å². The van der Waals surface area contributed by atoms with Crippen LogP contribution in [0.25, 0.3) is 33.4 Å². The normalized spacial score (nSPS) is 26.6. The molecule has 13 aliphatic rings. The van der Waals surface area contributed by atoms with Crippen molar-refractivity contribution >= 4 is 68.3 Å². The van der Waals surface area contributed by atoms with Gasteiger partial charge in [-0.05, 0) is 116 Å². The lowest BCUT2D eigenvalue weighted by Crippen LogP contribution is -2.24. The minimum absolute atomic E-state index is 0.0723. The number of likely N-dealkylation sites (tertiary alicyclic amines) is 6. The second kappa shape index (κ2) is 37.3. The summed E-state index contributed by atoms with van der Waals surface area (Å²) in [5.41, 5.74) is 55.4. The van der Waals surface area contributed by atoms with Crippen molar-refractivity contribution in [3.63, 3.8) is 0 Å². The first kappa shape index (κ1) is 83.5. The van der Waals surface area contributed by atoms with Gasteiger partial charge < -0.3 is 65.0 Å². The van der Waals surface area contributed by atoms with Gasteiger partial charge in [0.1, 0.15) is 72.9 Å². The molecule has 6 aromatic rings. The maximum atomic E-state index is 10.2. The van der Waals surface area contributed by atoms with E-state index in [1.807, 2.05) is 19.1 Å². The first-order chi connectivity index (χ1) is 56.5. The molecule has 6 aromatic heterocycles. The van der Waals surface area contributed by atoms with Gasteiger partial charge in [-0.3, -0.25) is 29.4 Å². The third kappa shape index (κ3) is 19.3. The van der Waals surface area contributed by atoms with Crippen LogP contribution in [0.3, 0.4) is 0 Å². The van der Waals surface area contributed by atoms with Crippen LogP contribution in [-0.4, -0.2) is 274 Å². The number of rotatable bonds is 18. The van der Waals surface area contributed by atoms with Gasteiger partial charge in [0.25, 0.3) is 0 Å². The molecular weight excluding hydrogens is 1480 g/mol. The Labute approximate surface area is 684 Å². The number of aromatic nitrogens is 12. The van der Waals surface area contributed by atoms with Crippen LogP contribution in [-0.2, 0) is 38.5 Å². The van der Waals surface area contributed by atoms with Crippen molar-refractivity contribution < 1.29 is 30.6 Å². The number of anilines is 6. The van der Waals surface area contributed by atoms with Crippen molar-refractivity contribution in [3.8, 4) is 12.3 Å². The molecule has 12 heterocycles. The molecule has 12 atom stereocenters. The second-order valence-electron chi connectivity index (χ2n) is 33.3. The monoisotopic (exact) mass is 1590 g/mol. The van der Waals surface area contributed by atoms with E-state index in [-0.39, 0.29) is 48.3 Å². The number of hydrogen-bond donors (Lipinski definition) is 12. The van der Waals surface area contributed by atoms with Crippen LogP contribution in [0.5, 0.6) is 0 Å². The molecule has 7 aliphatic carbocycles. The lowest BCUT2D eigenvalue weighted by molar-refractivity contribution is 0.133. The molecule has 0 spiro atoms. The summed E-state index contributed by atoms with van der Waals surface area (Å²) < 4.78 is 0. The quantitative estimate of drug-likeness (QED) is 0.0432. The Morgan fingerprint density at radius 1 is 0.402 bits per heavy atom. The zero-order valence-electron chi connectivity index (χ0n) is 67.3. The number of β-amino-alcohol motifs (C(OH)–C–C–N with tert-alkyl or cyclic N) is 6. The molecule has 30 nitrogen and oxygen atoms in total. The van der Waals surface area contributed by atoms with E-state index in [0.29, 0.717) is 78.8 Å². The number of nitrogen functional groups attached to an aromatic ring is 6. The van der Waals surface area contributed by atoms with Gasteiger partial charge in [0, 0.05) is 175 Å². The van der Waals surface area contributed by atoms with E-state index in [9.17, 15) is 30.6 Å². The summed E-state index contributed by atoms with van der Waals surface area (Å²) in [7, 11) is 0. The number of nitrogens with two attached hydrogens (primary N) is 6. The van der Waals surface area contributed by atoms with Crippen LogP contribution < -0.4 is 34.4 Å². The summed E-state index contributed by atoms with van der Waals surface area (Å²) in [5, 5.41) is 60.0. The molecule has 117 heavy (non-hydrogen) atoms. The van der Waals surface area contributed by atoms with Gasteiger partial charge in [0.2, 0.25) is 0 Å². The Bertz CT molecular complexity index is 4880. The molecule has 6 saturated heterocycles. The van der Waals surface area contributed by atoms with E-state index < -0.39 is 6.10 Å². The maximum Gasteiger partial charge on any atom is 0.130 e. The fourth-order valence-electron chi connectivity index (χ4n) is 18.5. The molecule has 19 rings (SSSR count). The molecule has 1 saturated carbocycles. The molecule has 18 N–H and O–H groups in total. The standard InChI is InChI=1S/3C15H20N4O.C14H20N4O.C14H18N4O.C14H16N4O/c16-15-11-4-3-10(14(11)17-8-18-15)5-19-6-12(9-1-2-9)13(20)7-19;1-9(2)12-6-19(7-13(12)20)5-10-3-4-11-14(10)17-8-18-15(11)16;1-2-3-10-6-19(8-13(10)20)7-11-4-5-12-14(11)17-9-18-15(12)16;3*1-2-9-5-18(7-12(9)19)6-10-3-4-11-13(10)16-8-17-14(11)15/h3,8-9,12-13,20H,1-2,4-7H2,(H2,16,17,18);3,8,12-13,20H,1,4-7H2,2H3,(H2,16,17,18);2,4,9-10,13,20H,1,3,5-8H2,(H2,16,17,18);3,8-9,12,19H,2,4-7H2,1H3,(H2,15,16,17);2-3,8-9,12,19H,1,4-7H2,(H2,15,16,17);1,3,8-9,12,19H,4-7H2,(H2,15,16,17)/t2*12-,13+;10-,13-;3*9-,12-/m110000/s1. The van der Waals surface area contributed by atoms with Gasteiger partial charge in [-0.15, -0.1) is 19.6 Å². The highest BCUT2D eigenvalue weighted by Gasteiger charge is 2.43. The first-order valence-electron chi connectivity index (χ1n) is 41.0. The Morgan fingerprint density at radius 2 is 0.709 bits per heavy atom. The predicted octanol–water partition coefficient (Wildman–Crippen LogP) is 3.54. The summed E-state index contributed by atoms with van der Waals surface area (Å²) in [4.78, 5) is 63.8. The summed E-state index contributed by atoms with van der Waals surface area (Å²) in [6.45, 7) is 30.0. The topological polar surface area (TPSA) is 452 Å². The van der Waals surface area contributed by atoms with E-state index in [1.165, 1.54) is 72.3 Å². The SMILES string of the molecule is C#C[C@H]1CN(CC2=CCc3c(N)ncnc32)C[C@@H]1O.C=C(C)[C@H]1CN(CC2=CCc3c(N)ncnc32)C[C@@H]1O.C=CC[C@H]1CN(CC2=CCc3c(N)ncnc32)C[C@@H]1O.C=C[C@H]1CN(CC2=CCc3c(N)ncnc32)C[C@@H]1O.CC[C@H]1CN(CC2=CCc3c(N)ncnc32)C[C@@H]1O.Nc1ncnc2c1CC=C2CN1C[C@H](C2CC2)[C@@H](O)C1. The zero-order chi connectivity index (χ0) is 82.3. The number of hydrogen-bond acceptors (Lipinski definition) is 30. The summed E-state index contributed by atoms with van der Waals surface area (Å²) in [5.74, 6) is 8.30. The van der Waals surface area contributed by atoms with Crippen LogP contribution in [0, 0.1) is 53.8 Å². The number of allylic oxidation sites excluding steroid dienone is 7. The molecule has 6 aliphatic heterocycles. The van der Waals surface area contributed by atoms with Crippen LogP contribution >= 0.6 is 0 Å². The highest BCUT2D eigenvalue weighted by atomic mass is 16.3. The average Bonchev–Trinajstić information content (AvgIpc) is 2.35. The predicted molar refractivity (Wildman–Crippen MR) is 456 cm³/mol. The van der Waals surface area contributed by atoms with Crippen molar-refractivity contribution in [2.45, 2.75) is 115 Å².